The lowest BCUT2D eigenvalue weighted by atomic mass is 9.70. The van der Waals surface area contributed by atoms with Gasteiger partial charge >= 0.3 is 0 Å². The molecule has 1 N–H and O–H groups in total. The standard InChI is InChI=1S/C21H25N3/c1-24-13-11-21(12-14-24)15-18-9-5-6-10-19(18)23-20(21)22-16-17-7-3-2-4-8-17/h2-10H,11-16H2,1H3,(H,22,23). The first-order valence-electron chi connectivity index (χ1n) is 8.88. The highest BCUT2D eigenvalue weighted by Gasteiger charge is 2.41. The first-order valence-corrected chi connectivity index (χ1v) is 8.88. The molecule has 1 saturated heterocycles. The summed E-state index contributed by atoms with van der Waals surface area (Å²) in [6.07, 6.45) is 3.47. The molecule has 0 bridgehead atoms. The zero-order valence-electron chi connectivity index (χ0n) is 14.3. The van der Waals surface area contributed by atoms with Crippen molar-refractivity contribution in [3.8, 4) is 0 Å². The number of nitrogens with one attached hydrogen (secondary N) is 1. The topological polar surface area (TPSA) is 27.6 Å². The van der Waals surface area contributed by atoms with Crippen LogP contribution in [0.3, 0.4) is 0 Å². The van der Waals surface area contributed by atoms with Crippen molar-refractivity contribution in [3.63, 3.8) is 0 Å². The lowest BCUT2D eigenvalue weighted by Gasteiger charge is -2.45. The zero-order chi connectivity index (χ0) is 16.4. The number of hydrogen-bond acceptors (Lipinski definition) is 2. The number of amidine groups is 1. The van der Waals surface area contributed by atoms with Crippen LogP contribution < -0.4 is 5.32 Å². The van der Waals surface area contributed by atoms with Gasteiger partial charge in [0.05, 0.1) is 6.54 Å². The Hall–Kier alpha value is -2.13. The number of fused-ring (bicyclic) bond motifs is 1. The van der Waals surface area contributed by atoms with Crippen LogP contribution >= 0.6 is 0 Å². The average Bonchev–Trinajstić information content (AvgIpc) is 2.63. The van der Waals surface area contributed by atoms with E-state index in [-0.39, 0.29) is 5.41 Å². The molecule has 0 aromatic heterocycles. The van der Waals surface area contributed by atoms with Crippen molar-refractivity contribution in [2.24, 2.45) is 10.4 Å². The van der Waals surface area contributed by atoms with Gasteiger partial charge in [-0.15, -0.1) is 0 Å². The van der Waals surface area contributed by atoms with Crippen LogP contribution in [0.25, 0.3) is 0 Å². The number of aliphatic imine (C=N–C) groups is 1. The van der Waals surface area contributed by atoms with Gasteiger partial charge in [0.15, 0.2) is 0 Å². The zero-order valence-corrected chi connectivity index (χ0v) is 14.3. The molecule has 0 radical (unpaired) electrons. The fourth-order valence-corrected chi connectivity index (χ4v) is 3.93. The Morgan fingerprint density at radius 1 is 1.00 bits per heavy atom. The second-order valence-electron chi connectivity index (χ2n) is 7.19. The van der Waals surface area contributed by atoms with Crippen LogP contribution in [-0.4, -0.2) is 30.9 Å². The summed E-state index contributed by atoms with van der Waals surface area (Å²) in [4.78, 5) is 7.47. The lowest BCUT2D eigenvalue weighted by molar-refractivity contribution is 0.178. The highest BCUT2D eigenvalue weighted by Crippen LogP contribution is 2.42. The molecule has 2 aromatic carbocycles. The van der Waals surface area contributed by atoms with E-state index >= 15 is 0 Å². The smallest absolute Gasteiger partial charge is 0.108 e. The number of likely N-dealkylation sites (tertiary alicyclic amines) is 1. The van der Waals surface area contributed by atoms with Gasteiger partial charge in [-0.3, -0.25) is 4.99 Å². The molecular formula is C21H25N3. The first-order chi connectivity index (χ1) is 11.8. The lowest BCUT2D eigenvalue weighted by Crippen LogP contribution is -2.49. The van der Waals surface area contributed by atoms with E-state index in [1.54, 1.807) is 0 Å². The summed E-state index contributed by atoms with van der Waals surface area (Å²) in [5.74, 6) is 1.19. The summed E-state index contributed by atoms with van der Waals surface area (Å²) in [5.41, 5.74) is 4.11. The molecule has 2 aromatic rings. The minimum absolute atomic E-state index is 0.176. The van der Waals surface area contributed by atoms with E-state index in [0.717, 1.165) is 26.1 Å². The maximum Gasteiger partial charge on any atom is 0.108 e. The number of anilines is 1. The van der Waals surface area contributed by atoms with E-state index in [0.29, 0.717) is 0 Å². The monoisotopic (exact) mass is 319 g/mol. The molecule has 124 valence electrons. The van der Waals surface area contributed by atoms with Crippen LogP contribution in [0.5, 0.6) is 0 Å². The van der Waals surface area contributed by atoms with Gasteiger partial charge in [0.25, 0.3) is 0 Å². The molecular weight excluding hydrogens is 294 g/mol. The summed E-state index contributed by atoms with van der Waals surface area (Å²) in [5, 5.41) is 3.67. The Labute approximate surface area is 144 Å². The van der Waals surface area contributed by atoms with Gasteiger partial charge in [0.2, 0.25) is 0 Å². The SMILES string of the molecule is CN1CCC2(CC1)Cc1ccccc1NC2=NCc1ccccc1. The predicted octanol–water partition coefficient (Wildman–Crippen LogP) is 3.97. The summed E-state index contributed by atoms with van der Waals surface area (Å²) in [7, 11) is 2.22. The normalized spacial score (nSPS) is 21.5. The number of benzene rings is 2. The second-order valence-corrected chi connectivity index (χ2v) is 7.19. The summed E-state index contributed by atoms with van der Waals surface area (Å²) < 4.78 is 0. The van der Waals surface area contributed by atoms with Gasteiger partial charge in [-0.1, -0.05) is 48.5 Å². The van der Waals surface area contributed by atoms with Crippen molar-refractivity contribution in [2.75, 3.05) is 25.5 Å². The molecule has 2 aliphatic rings. The van der Waals surface area contributed by atoms with Crippen molar-refractivity contribution in [1.82, 2.24) is 4.90 Å². The molecule has 0 aliphatic carbocycles. The van der Waals surface area contributed by atoms with Crippen molar-refractivity contribution in [2.45, 2.75) is 25.8 Å². The van der Waals surface area contributed by atoms with Gasteiger partial charge in [-0.25, -0.2) is 0 Å². The summed E-state index contributed by atoms with van der Waals surface area (Å²) in [6, 6.07) is 19.2. The van der Waals surface area contributed by atoms with E-state index in [2.05, 4.69) is 71.9 Å². The Balaban J connectivity index is 1.66. The highest BCUT2D eigenvalue weighted by molar-refractivity contribution is 6.02. The largest absolute Gasteiger partial charge is 0.343 e. The number of hydrogen-bond donors (Lipinski definition) is 1. The Morgan fingerprint density at radius 3 is 2.50 bits per heavy atom. The van der Waals surface area contributed by atoms with Crippen molar-refractivity contribution in [3.05, 3.63) is 65.7 Å². The summed E-state index contributed by atoms with van der Waals surface area (Å²) in [6.45, 7) is 3.05. The molecule has 1 fully saturated rings. The average molecular weight is 319 g/mol. The molecule has 3 nitrogen and oxygen atoms in total. The molecule has 0 unspecified atom stereocenters. The minimum Gasteiger partial charge on any atom is -0.343 e. The third-order valence-corrected chi connectivity index (χ3v) is 5.51. The van der Waals surface area contributed by atoms with Gasteiger partial charge in [-0.2, -0.15) is 0 Å². The van der Waals surface area contributed by atoms with E-state index in [4.69, 9.17) is 4.99 Å². The molecule has 0 amide bonds. The molecule has 1 spiro atoms. The minimum atomic E-state index is 0.176. The number of piperidine rings is 1. The van der Waals surface area contributed by atoms with Gasteiger partial charge < -0.3 is 10.2 Å². The number of rotatable bonds is 2. The molecule has 24 heavy (non-hydrogen) atoms. The Kier molecular flexibility index (Phi) is 4.11. The highest BCUT2D eigenvalue weighted by atomic mass is 15.1. The first kappa shape index (κ1) is 15.4. The number of nitrogens with zero attached hydrogens (tertiary/aromatic N) is 2. The van der Waals surface area contributed by atoms with E-state index < -0.39 is 0 Å². The third kappa shape index (κ3) is 2.96. The molecule has 0 saturated carbocycles. The van der Waals surface area contributed by atoms with E-state index in [9.17, 15) is 0 Å². The predicted molar refractivity (Wildman–Crippen MR) is 101 cm³/mol. The van der Waals surface area contributed by atoms with Crippen LogP contribution in [0, 0.1) is 5.41 Å². The Bertz CT molecular complexity index is 728. The Morgan fingerprint density at radius 2 is 1.71 bits per heavy atom. The second kappa shape index (κ2) is 6.40. The molecule has 4 rings (SSSR count). The molecule has 0 atom stereocenters. The summed E-state index contributed by atoms with van der Waals surface area (Å²) >= 11 is 0. The maximum absolute atomic E-state index is 5.04. The van der Waals surface area contributed by atoms with Crippen molar-refractivity contribution >= 4 is 11.5 Å². The van der Waals surface area contributed by atoms with E-state index in [1.807, 2.05) is 0 Å². The van der Waals surface area contributed by atoms with E-state index in [1.165, 1.54) is 35.5 Å². The van der Waals surface area contributed by atoms with Crippen LogP contribution in [0.1, 0.15) is 24.0 Å². The van der Waals surface area contributed by atoms with Crippen LogP contribution in [0.4, 0.5) is 5.69 Å². The molecule has 3 heteroatoms. The fraction of sp³-hybridized carbons (Fsp3) is 0.381. The van der Waals surface area contributed by atoms with Crippen molar-refractivity contribution < 1.29 is 0 Å². The fourth-order valence-electron chi connectivity index (χ4n) is 3.93. The van der Waals surface area contributed by atoms with Crippen molar-refractivity contribution in [1.29, 1.82) is 0 Å². The van der Waals surface area contributed by atoms with Gasteiger partial charge in [0.1, 0.15) is 5.84 Å². The molecule has 2 heterocycles. The number of para-hydroxylation sites is 1. The van der Waals surface area contributed by atoms with Crippen LogP contribution in [-0.2, 0) is 13.0 Å². The molecule has 2 aliphatic heterocycles. The third-order valence-electron chi connectivity index (χ3n) is 5.51. The quantitative estimate of drug-likeness (QED) is 0.907. The van der Waals surface area contributed by atoms with Crippen LogP contribution in [0.15, 0.2) is 59.6 Å². The van der Waals surface area contributed by atoms with Gasteiger partial charge in [0, 0.05) is 11.1 Å². The maximum atomic E-state index is 5.04. The van der Waals surface area contributed by atoms with Crippen LogP contribution in [0.2, 0.25) is 0 Å². The van der Waals surface area contributed by atoms with Gasteiger partial charge in [-0.05, 0) is 56.6 Å².